The molecule has 1 aromatic rings. The van der Waals surface area contributed by atoms with Crippen LogP contribution in [0.3, 0.4) is 0 Å². The Hall–Kier alpha value is -1.39. The molecule has 24 heavy (non-hydrogen) atoms. The molecule has 4 nitrogen and oxygen atoms in total. The number of nitrogens with one attached hydrogen (secondary N) is 2. The van der Waals surface area contributed by atoms with Gasteiger partial charge in [0, 0.05) is 31.2 Å². The number of piperidine rings is 1. The van der Waals surface area contributed by atoms with Crippen molar-refractivity contribution in [2.24, 2.45) is 11.8 Å². The number of nitrogens with zero attached hydrogens (tertiary/aromatic N) is 1. The smallest absolute Gasteiger partial charge is 0.254 e. The molecule has 0 radical (unpaired) electrons. The van der Waals surface area contributed by atoms with Gasteiger partial charge in [0.15, 0.2) is 0 Å². The standard InChI is InChI=1S/C20H31N3O/c1-5-16-12-21-22-19(16)17-6-8-23(9-7-17)20(24)18-11-14(3)13(2)10-15(18)4/h10-11,16-17,19,21-22H,5-9,12H2,1-4H3. The van der Waals surface area contributed by atoms with E-state index in [0.717, 1.165) is 49.5 Å². The lowest BCUT2D eigenvalue weighted by Gasteiger charge is -2.36. The summed E-state index contributed by atoms with van der Waals surface area (Å²) in [5.41, 5.74) is 11.2. The highest BCUT2D eigenvalue weighted by Gasteiger charge is 2.35. The minimum Gasteiger partial charge on any atom is -0.339 e. The molecule has 2 unspecified atom stereocenters. The first kappa shape index (κ1) is 17.4. The molecule has 0 bridgehead atoms. The highest BCUT2D eigenvalue weighted by atomic mass is 16.2. The van der Waals surface area contributed by atoms with E-state index in [4.69, 9.17) is 0 Å². The van der Waals surface area contributed by atoms with Crippen LogP contribution in [0.25, 0.3) is 0 Å². The van der Waals surface area contributed by atoms with Crippen LogP contribution < -0.4 is 10.9 Å². The van der Waals surface area contributed by atoms with Gasteiger partial charge in [0.05, 0.1) is 0 Å². The van der Waals surface area contributed by atoms with E-state index >= 15 is 0 Å². The van der Waals surface area contributed by atoms with Crippen molar-refractivity contribution in [3.8, 4) is 0 Å². The van der Waals surface area contributed by atoms with Crippen molar-refractivity contribution in [3.05, 3.63) is 34.4 Å². The van der Waals surface area contributed by atoms with Crippen molar-refractivity contribution in [1.29, 1.82) is 0 Å². The summed E-state index contributed by atoms with van der Waals surface area (Å²) in [5, 5.41) is 0. The molecule has 2 aliphatic heterocycles. The van der Waals surface area contributed by atoms with Crippen LogP contribution in [0.1, 0.15) is 53.2 Å². The van der Waals surface area contributed by atoms with Crippen LogP contribution in [0.15, 0.2) is 12.1 Å². The number of likely N-dealkylation sites (tertiary alicyclic amines) is 1. The Morgan fingerprint density at radius 3 is 2.46 bits per heavy atom. The van der Waals surface area contributed by atoms with E-state index in [0.29, 0.717) is 12.0 Å². The van der Waals surface area contributed by atoms with Gasteiger partial charge in [-0.2, -0.15) is 0 Å². The number of aryl methyl sites for hydroxylation is 3. The first-order valence-electron chi connectivity index (χ1n) is 9.36. The summed E-state index contributed by atoms with van der Waals surface area (Å²) in [7, 11) is 0. The average molecular weight is 329 g/mol. The minimum atomic E-state index is 0.207. The molecular weight excluding hydrogens is 298 g/mol. The van der Waals surface area contributed by atoms with E-state index in [1.54, 1.807) is 0 Å². The topological polar surface area (TPSA) is 44.4 Å². The molecule has 0 aromatic heterocycles. The molecule has 0 saturated carbocycles. The summed E-state index contributed by atoms with van der Waals surface area (Å²) in [4.78, 5) is 15.0. The van der Waals surface area contributed by atoms with Gasteiger partial charge in [-0.1, -0.05) is 19.4 Å². The van der Waals surface area contributed by atoms with Crippen LogP contribution >= 0.6 is 0 Å². The van der Waals surface area contributed by atoms with Gasteiger partial charge >= 0.3 is 0 Å². The molecular formula is C20H31N3O. The predicted molar refractivity (Wildman–Crippen MR) is 98.0 cm³/mol. The highest BCUT2D eigenvalue weighted by Crippen LogP contribution is 2.29. The molecule has 2 N–H and O–H groups in total. The second-order valence-electron chi connectivity index (χ2n) is 7.60. The molecule has 2 atom stereocenters. The molecule has 132 valence electrons. The second-order valence-corrected chi connectivity index (χ2v) is 7.60. The summed E-state index contributed by atoms with van der Waals surface area (Å²) in [6.07, 6.45) is 3.42. The Morgan fingerprint density at radius 1 is 1.12 bits per heavy atom. The Balaban J connectivity index is 1.64. The van der Waals surface area contributed by atoms with Crippen molar-refractivity contribution in [2.45, 2.75) is 53.0 Å². The quantitative estimate of drug-likeness (QED) is 0.896. The number of carbonyl (C=O) groups excluding carboxylic acids is 1. The van der Waals surface area contributed by atoms with Crippen LogP contribution in [0, 0.1) is 32.6 Å². The lowest BCUT2D eigenvalue weighted by Crippen LogP contribution is -2.46. The molecule has 0 spiro atoms. The fraction of sp³-hybridized carbons (Fsp3) is 0.650. The Kier molecular flexibility index (Phi) is 5.26. The van der Waals surface area contributed by atoms with Crippen LogP contribution in [0.4, 0.5) is 0 Å². The summed E-state index contributed by atoms with van der Waals surface area (Å²) in [6.45, 7) is 11.3. The van der Waals surface area contributed by atoms with Crippen molar-refractivity contribution in [1.82, 2.24) is 15.8 Å². The maximum Gasteiger partial charge on any atom is 0.254 e. The highest BCUT2D eigenvalue weighted by molar-refractivity contribution is 5.96. The van der Waals surface area contributed by atoms with Crippen LogP contribution in [0.2, 0.25) is 0 Å². The van der Waals surface area contributed by atoms with E-state index in [-0.39, 0.29) is 5.91 Å². The molecule has 2 aliphatic rings. The van der Waals surface area contributed by atoms with Gasteiger partial charge in [0.2, 0.25) is 0 Å². The zero-order valence-corrected chi connectivity index (χ0v) is 15.5. The van der Waals surface area contributed by atoms with Crippen molar-refractivity contribution >= 4 is 5.91 Å². The van der Waals surface area contributed by atoms with E-state index < -0.39 is 0 Å². The molecule has 2 heterocycles. The third-order valence-corrected chi connectivity index (χ3v) is 6.07. The van der Waals surface area contributed by atoms with E-state index in [2.05, 4.69) is 48.7 Å². The first-order valence-corrected chi connectivity index (χ1v) is 9.36. The summed E-state index contributed by atoms with van der Waals surface area (Å²) < 4.78 is 0. The normalized spacial score (nSPS) is 25.2. The third-order valence-electron chi connectivity index (χ3n) is 6.07. The Bertz CT molecular complexity index is 605. The maximum atomic E-state index is 12.9. The number of hydrogen-bond donors (Lipinski definition) is 2. The Labute approximate surface area is 146 Å². The zero-order chi connectivity index (χ0) is 17.3. The Morgan fingerprint density at radius 2 is 1.79 bits per heavy atom. The second kappa shape index (κ2) is 7.24. The van der Waals surface area contributed by atoms with Crippen molar-refractivity contribution in [2.75, 3.05) is 19.6 Å². The lowest BCUT2D eigenvalue weighted by atomic mass is 9.82. The summed E-state index contributed by atoms with van der Waals surface area (Å²) >= 11 is 0. The van der Waals surface area contributed by atoms with Crippen LogP contribution in [-0.2, 0) is 0 Å². The molecule has 0 aliphatic carbocycles. The maximum absolute atomic E-state index is 12.9. The average Bonchev–Trinajstić information content (AvgIpc) is 3.06. The lowest BCUT2D eigenvalue weighted by molar-refractivity contribution is 0.0662. The van der Waals surface area contributed by atoms with Gasteiger partial charge in [-0.3, -0.25) is 15.6 Å². The van der Waals surface area contributed by atoms with E-state index in [1.807, 2.05) is 6.92 Å². The molecule has 1 amide bonds. The van der Waals surface area contributed by atoms with Crippen LogP contribution in [0.5, 0.6) is 0 Å². The minimum absolute atomic E-state index is 0.207. The number of carbonyl (C=O) groups is 1. The van der Waals surface area contributed by atoms with E-state index in [1.165, 1.54) is 17.5 Å². The molecule has 3 rings (SSSR count). The SMILES string of the molecule is CCC1CNNC1C1CCN(C(=O)c2cc(C)c(C)cc2C)CC1. The summed E-state index contributed by atoms with van der Waals surface area (Å²) in [6, 6.07) is 4.76. The fourth-order valence-electron chi connectivity index (χ4n) is 4.28. The summed E-state index contributed by atoms with van der Waals surface area (Å²) in [5.74, 6) is 1.60. The van der Waals surface area contributed by atoms with E-state index in [9.17, 15) is 4.79 Å². The largest absolute Gasteiger partial charge is 0.339 e. The van der Waals surface area contributed by atoms with Crippen molar-refractivity contribution < 1.29 is 4.79 Å². The number of hydrazine groups is 1. The van der Waals surface area contributed by atoms with Crippen LogP contribution in [-0.4, -0.2) is 36.5 Å². The van der Waals surface area contributed by atoms with Gasteiger partial charge in [-0.05, 0) is 68.2 Å². The number of amides is 1. The van der Waals surface area contributed by atoms with Gasteiger partial charge < -0.3 is 4.90 Å². The molecule has 2 saturated heterocycles. The molecule has 1 aromatic carbocycles. The molecule has 4 heteroatoms. The number of rotatable bonds is 3. The fourth-order valence-corrected chi connectivity index (χ4v) is 4.28. The van der Waals surface area contributed by atoms with Gasteiger partial charge in [0.1, 0.15) is 0 Å². The first-order chi connectivity index (χ1) is 11.5. The van der Waals surface area contributed by atoms with Gasteiger partial charge in [-0.15, -0.1) is 0 Å². The monoisotopic (exact) mass is 329 g/mol. The van der Waals surface area contributed by atoms with Gasteiger partial charge in [-0.25, -0.2) is 0 Å². The zero-order valence-electron chi connectivity index (χ0n) is 15.5. The van der Waals surface area contributed by atoms with Gasteiger partial charge in [0.25, 0.3) is 5.91 Å². The molecule has 2 fully saturated rings. The number of hydrogen-bond acceptors (Lipinski definition) is 3. The third kappa shape index (κ3) is 3.35. The number of benzene rings is 1. The van der Waals surface area contributed by atoms with Crippen molar-refractivity contribution in [3.63, 3.8) is 0 Å². The predicted octanol–water partition coefficient (Wildman–Crippen LogP) is 2.97.